The van der Waals surface area contributed by atoms with Gasteiger partial charge in [0.15, 0.2) is 23.3 Å². The van der Waals surface area contributed by atoms with Crippen molar-refractivity contribution in [3.8, 4) is 0 Å². The fourth-order valence-corrected chi connectivity index (χ4v) is 4.42. The Morgan fingerprint density at radius 2 is 1.62 bits per heavy atom. The lowest BCUT2D eigenvalue weighted by atomic mass is 10.2. The van der Waals surface area contributed by atoms with Crippen LogP contribution in [0.1, 0.15) is 16.1 Å². The molecule has 0 spiro atoms. The molecule has 13 heteroatoms. The summed E-state index contributed by atoms with van der Waals surface area (Å²) in [7, 11) is -0.686. The van der Waals surface area contributed by atoms with Crippen molar-refractivity contribution >= 4 is 21.8 Å². The maximum absolute atomic E-state index is 14.9. The number of piperazine rings is 1. The Morgan fingerprint density at radius 3 is 2.19 bits per heavy atom. The van der Waals surface area contributed by atoms with E-state index in [-0.39, 0.29) is 23.4 Å². The van der Waals surface area contributed by atoms with Crippen LogP contribution in [-0.4, -0.2) is 67.9 Å². The number of anilines is 1. The van der Waals surface area contributed by atoms with Crippen LogP contribution in [0.3, 0.4) is 0 Å². The van der Waals surface area contributed by atoms with E-state index in [2.05, 4.69) is 10.0 Å². The zero-order valence-electron chi connectivity index (χ0n) is 17.5. The number of benzene rings is 1. The number of rotatable bonds is 7. The summed E-state index contributed by atoms with van der Waals surface area (Å²) < 4.78 is 83.2. The second kappa shape index (κ2) is 9.57. The molecule has 0 atom stereocenters. The molecule has 0 bridgehead atoms. The molecule has 0 unspecified atom stereocenters. The van der Waals surface area contributed by atoms with Crippen LogP contribution in [0.2, 0.25) is 0 Å². The molecule has 0 saturated carbocycles. The summed E-state index contributed by atoms with van der Waals surface area (Å²) in [6, 6.07) is 1.21. The van der Waals surface area contributed by atoms with Gasteiger partial charge >= 0.3 is 0 Å². The number of aryl methyl sites for hydroxylation is 1. The summed E-state index contributed by atoms with van der Waals surface area (Å²) in [4.78, 5) is 14.4. The van der Waals surface area contributed by atoms with Gasteiger partial charge in [-0.1, -0.05) is 0 Å². The van der Waals surface area contributed by atoms with E-state index in [1.54, 1.807) is 0 Å². The number of halogens is 4. The van der Waals surface area contributed by atoms with Crippen molar-refractivity contribution in [2.75, 3.05) is 45.1 Å². The standard InChI is InChI=1S/C19H23F4N5O3S/c1-24-32(30,31)28-7-5-27(6-8-28)4-3-12-11-26(2)18(16(12)22)19(29)25-13-9-14(20)17(23)15(21)10-13/h9-11,24H,3-8H2,1-2H3,(H,25,29). The Balaban J connectivity index is 1.63. The van der Waals surface area contributed by atoms with E-state index in [1.807, 2.05) is 4.90 Å². The molecule has 1 saturated heterocycles. The van der Waals surface area contributed by atoms with Gasteiger partial charge in [-0.15, -0.1) is 0 Å². The Morgan fingerprint density at radius 1 is 1.03 bits per heavy atom. The molecule has 8 nitrogen and oxygen atoms in total. The molecule has 3 rings (SSSR count). The Labute approximate surface area is 183 Å². The number of hydrogen-bond acceptors (Lipinski definition) is 4. The van der Waals surface area contributed by atoms with E-state index in [0.717, 1.165) is 0 Å². The summed E-state index contributed by atoms with van der Waals surface area (Å²) in [5.74, 6) is -6.33. The average molecular weight is 477 g/mol. The smallest absolute Gasteiger partial charge is 0.279 e. The highest BCUT2D eigenvalue weighted by atomic mass is 32.2. The van der Waals surface area contributed by atoms with Crippen molar-refractivity contribution in [2.45, 2.75) is 6.42 Å². The quantitative estimate of drug-likeness (QED) is 0.467. The third-order valence-corrected chi connectivity index (χ3v) is 6.84. The molecule has 1 aromatic carbocycles. The topological polar surface area (TPSA) is 86.7 Å². The van der Waals surface area contributed by atoms with Gasteiger partial charge < -0.3 is 14.8 Å². The molecule has 2 N–H and O–H groups in total. The van der Waals surface area contributed by atoms with Crippen LogP contribution in [0.4, 0.5) is 23.2 Å². The minimum atomic E-state index is -3.48. The number of carbonyl (C=O) groups excluding carboxylic acids is 1. The fourth-order valence-electron chi connectivity index (χ4n) is 3.52. The number of nitrogens with zero attached hydrogens (tertiary/aromatic N) is 3. The number of nitrogens with one attached hydrogen (secondary N) is 2. The number of aromatic nitrogens is 1. The van der Waals surface area contributed by atoms with Crippen LogP contribution in [0.5, 0.6) is 0 Å². The van der Waals surface area contributed by atoms with Gasteiger partial charge in [0.2, 0.25) is 0 Å². The first-order valence-electron chi connectivity index (χ1n) is 9.74. The van der Waals surface area contributed by atoms with Gasteiger partial charge in [0.05, 0.1) is 0 Å². The number of carbonyl (C=O) groups is 1. The van der Waals surface area contributed by atoms with Crippen molar-refractivity contribution in [3.63, 3.8) is 0 Å². The molecule has 176 valence electrons. The van der Waals surface area contributed by atoms with Gasteiger partial charge in [-0.05, 0) is 6.42 Å². The molecule has 2 aromatic rings. The van der Waals surface area contributed by atoms with Crippen molar-refractivity contribution in [2.24, 2.45) is 7.05 Å². The van der Waals surface area contributed by atoms with Crippen molar-refractivity contribution in [1.29, 1.82) is 0 Å². The van der Waals surface area contributed by atoms with E-state index in [4.69, 9.17) is 0 Å². The normalized spacial score (nSPS) is 15.8. The van der Waals surface area contributed by atoms with Crippen LogP contribution in [0.25, 0.3) is 0 Å². The van der Waals surface area contributed by atoms with Crippen LogP contribution in [0.15, 0.2) is 18.3 Å². The zero-order valence-corrected chi connectivity index (χ0v) is 18.3. The molecular weight excluding hydrogens is 454 g/mol. The SMILES string of the molecule is CNS(=O)(=O)N1CCN(CCc2cn(C)c(C(=O)Nc3cc(F)c(F)c(F)c3)c2F)CC1. The Hall–Kier alpha value is -2.48. The van der Waals surface area contributed by atoms with Crippen molar-refractivity contribution < 1.29 is 30.8 Å². The Bertz CT molecular complexity index is 1090. The van der Waals surface area contributed by atoms with Crippen LogP contribution in [0, 0.1) is 23.3 Å². The van der Waals surface area contributed by atoms with E-state index < -0.39 is 39.4 Å². The minimum Gasteiger partial charge on any atom is -0.344 e. The van der Waals surface area contributed by atoms with Gasteiger partial charge in [0, 0.05) is 76.4 Å². The van der Waals surface area contributed by atoms with E-state index in [0.29, 0.717) is 44.9 Å². The monoisotopic (exact) mass is 477 g/mol. The molecule has 1 aromatic heterocycles. The molecule has 0 aliphatic carbocycles. The predicted octanol–water partition coefficient (Wildman–Crippen LogP) is 1.46. The lowest BCUT2D eigenvalue weighted by Crippen LogP contribution is -2.51. The summed E-state index contributed by atoms with van der Waals surface area (Å²) in [5.41, 5.74) is -0.419. The number of hydrogen-bond donors (Lipinski definition) is 2. The van der Waals surface area contributed by atoms with E-state index in [1.165, 1.54) is 29.2 Å². The van der Waals surface area contributed by atoms with Crippen LogP contribution >= 0.6 is 0 Å². The number of amides is 1. The molecule has 32 heavy (non-hydrogen) atoms. The summed E-state index contributed by atoms with van der Waals surface area (Å²) >= 11 is 0. The lowest BCUT2D eigenvalue weighted by molar-refractivity contribution is 0.101. The largest absolute Gasteiger partial charge is 0.344 e. The molecule has 1 aliphatic heterocycles. The maximum Gasteiger partial charge on any atom is 0.279 e. The molecule has 0 radical (unpaired) electrons. The predicted molar refractivity (Wildman–Crippen MR) is 109 cm³/mol. The summed E-state index contributed by atoms with van der Waals surface area (Å²) in [6.45, 7) is 2.01. The first-order valence-corrected chi connectivity index (χ1v) is 11.2. The molecule has 1 aliphatic rings. The molecule has 2 heterocycles. The zero-order chi connectivity index (χ0) is 23.6. The van der Waals surface area contributed by atoms with E-state index >= 15 is 0 Å². The van der Waals surface area contributed by atoms with Gasteiger partial charge in [-0.3, -0.25) is 4.79 Å². The average Bonchev–Trinajstić information content (AvgIpc) is 3.03. The highest BCUT2D eigenvalue weighted by molar-refractivity contribution is 7.87. The van der Waals surface area contributed by atoms with E-state index in [9.17, 15) is 30.8 Å². The van der Waals surface area contributed by atoms with Crippen LogP contribution in [-0.2, 0) is 23.7 Å². The van der Waals surface area contributed by atoms with Crippen molar-refractivity contribution in [1.82, 2.24) is 18.5 Å². The van der Waals surface area contributed by atoms with Crippen LogP contribution < -0.4 is 10.0 Å². The fraction of sp³-hybridized carbons (Fsp3) is 0.421. The molecule has 1 fully saturated rings. The van der Waals surface area contributed by atoms with Gasteiger partial charge in [-0.2, -0.15) is 12.7 Å². The first-order chi connectivity index (χ1) is 15.0. The van der Waals surface area contributed by atoms with Gasteiger partial charge in [0.1, 0.15) is 5.69 Å². The van der Waals surface area contributed by atoms with Crippen molar-refractivity contribution in [3.05, 3.63) is 52.9 Å². The second-order valence-electron chi connectivity index (χ2n) is 7.34. The maximum atomic E-state index is 14.9. The molecular formula is C19H23F4N5O3S. The van der Waals surface area contributed by atoms with Gasteiger partial charge in [-0.25, -0.2) is 22.3 Å². The Kier molecular flexibility index (Phi) is 7.22. The van der Waals surface area contributed by atoms with Gasteiger partial charge in [0.25, 0.3) is 16.1 Å². The third kappa shape index (κ3) is 5.11. The highest BCUT2D eigenvalue weighted by Gasteiger charge is 2.26. The summed E-state index contributed by atoms with van der Waals surface area (Å²) in [5, 5.41) is 2.17. The summed E-state index contributed by atoms with van der Waals surface area (Å²) in [6.07, 6.45) is 1.71. The lowest BCUT2D eigenvalue weighted by Gasteiger charge is -2.33. The first kappa shape index (κ1) is 24.2. The third-order valence-electron chi connectivity index (χ3n) is 5.28. The molecule has 1 amide bonds. The second-order valence-corrected chi connectivity index (χ2v) is 9.21. The minimum absolute atomic E-state index is 0.263. The highest BCUT2D eigenvalue weighted by Crippen LogP contribution is 2.21.